The smallest absolute Gasteiger partial charge is 0.243 e. The van der Waals surface area contributed by atoms with Crippen LogP contribution < -0.4 is 5.32 Å². The van der Waals surface area contributed by atoms with Gasteiger partial charge >= 0.3 is 0 Å². The average molecular weight is 476 g/mol. The van der Waals surface area contributed by atoms with Gasteiger partial charge in [0, 0.05) is 29.2 Å². The Bertz CT molecular complexity index is 875. The van der Waals surface area contributed by atoms with Crippen molar-refractivity contribution in [3.63, 3.8) is 0 Å². The predicted molar refractivity (Wildman–Crippen MR) is 108 cm³/mol. The van der Waals surface area contributed by atoms with Crippen LogP contribution >= 0.6 is 27.5 Å². The molecule has 0 aliphatic heterocycles. The van der Waals surface area contributed by atoms with E-state index in [2.05, 4.69) is 21.2 Å². The number of aliphatic hydroxyl groups is 1. The number of nitrogens with one attached hydrogen (secondary N) is 1. The highest BCUT2D eigenvalue weighted by atomic mass is 79.9. The van der Waals surface area contributed by atoms with Gasteiger partial charge in [-0.05, 0) is 42.3 Å². The predicted octanol–water partition coefficient (Wildman–Crippen LogP) is 2.79. The van der Waals surface area contributed by atoms with Gasteiger partial charge < -0.3 is 10.4 Å². The first kappa shape index (κ1) is 21.8. The second-order valence-electron chi connectivity index (χ2n) is 5.75. The average Bonchev–Trinajstić information content (AvgIpc) is 2.63. The first-order valence-electron chi connectivity index (χ1n) is 8.21. The molecule has 0 saturated carbocycles. The van der Waals surface area contributed by atoms with Crippen molar-refractivity contribution in [1.29, 1.82) is 0 Å². The maximum absolute atomic E-state index is 13.1. The van der Waals surface area contributed by atoms with E-state index in [1.54, 1.807) is 36.4 Å². The Labute approximate surface area is 172 Å². The third kappa shape index (κ3) is 6.29. The molecule has 2 N–H and O–H groups in total. The summed E-state index contributed by atoms with van der Waals surface area (Å²) in [6.45, 7) is -0.172. The zero-order valence-electron chi connectivity index (χ0n) is 14.4. The van der Waals surface area contributed by atoms with Crippen LogP contribution in [-0.4, -0.2) is 43.4 Å². The van der Waals surface area contributed by atoms with Gasteiger partial charge in [0.2, 0.25) is 15.9 Å². The summed E-state index contributed by atoms with van der Waals surface area (Å²) in [6.07, 6.45) is 0.399. The number of hydrogen-bond acceptors (Lipinski definition) is 4. The minimum absolute atomic E-state index is 0.0362. The molecular weight excluding hydrogens is 456 g/mol. The first-order chi connectivity index (χ1) is 12.8. The Kier molecular flexibility index (Phi) is 8.25. The second-order valence-corrected chi connectivity index (χ2v) is 9.01. The molecule has 6 nitrogen and oxygen atoms in total. The number of rotatable bonds is 9. The molecule has 27 heavy (non-hydrogen) atoms. The van der Waals surface area contributed by atoms with Crippen molar-refractivity contribution >= 4 is 43.5 Å². The summed E-state index contributed by atoms with van der Waals surface area (Å²) in [7, 11) is -3.91. The fourth-order valence-corrected chi connectivity index (χ4v) is 4.16. The number of nitrogens with zero attached hydrogens (tertiary/aromatic N) is 1. The Hall–Kier alpha value is -1.45. The van der Waals surface area contributed by atoms with Crippen LogP contribution in [-0.2, 0) is 21.4 Å². The molecule has 0 atom stereocenters. The summed E-state index contributed by atoms with van der Waals surface area (Å²) >= 11 is 9.45. The SMILES string of the molecule is O=C(CN(Cc1ccccc1Cl)S(=O)(=O)c1ccc(Br)cc1)NCCCO. The van der Waals surface area contributed by atoms with E-state index >= 15 is 0 Å². The van der Waals surface area contributed by atoms with Gasteiger partial charge in [0.15, 0.2) is 0 Å². The van der Waals surface area contributed by atoms with E-state index in [0.717, 1.165) is 8.78 Å². The number of hydrogen-bond donors (Lipinski definition) is 2. The lowest BCUT2D eigenvalue weighted by atomic mass is 10.2. The van der Waals surface area contributed by atoms with Crippen LogP contribution in [0.3, 0.4) is 0 Å². The number of halogens is 2. The van der Waals surface area contributed by atoms with Gasteiger partial charge in [0.05, 0.1) is 11.4 Å². The molecule has 0 aromatic heterocycles. The summed E-state index contributed by atoms with van der Waals surface area (Å²) in [6, 6.07) is 13.1. The summed E-state index contributed by atoms with van der Waals surface area (Å²) < 4.78 is 28.0. The van der Waals surface area contributed by atoms with Gasteiger partial charge in [-0.2, -0.15) is 4.31 Å². The van der Waals surface area contributed by atoms with Crippen LogP contribution in [0, 0.1) is 0 Å². The maximum Gasteiger partial charge on any atom is 0.243 e. The number of aliphatic hydroxyl groups excluding tert-OH is 1. The summed E-state index contributed by atoms with van der Waals surface area (Å²) in [4.78, 5) is 12.3. The monoisotopic (exact) mass is 474 g/mol. The molecule has 0 saturated heterocycles. The maximum atomic E-state index is 13.1. The normalized spacial score (nSPS) is 11.6. The van der Waals surface area contributed by atoms with E-state index in [0.29, 0.717) is 17.0 Å². The third-order valence-corrected chi connectivity index (χ3v) is 6.44. The molecule has 0 spiro atoms. The van der Waals surface area contributed by atoms with E-state index in [1.807, 2.05) is 0 Å². The van der Waals surface area contributed by atoms with Crippen molar-refractivity contribution < 1.29 is 18.3 Å². The number of carbonyl (C=O) groups excluding carboxylic acids is 1. The lowest BCUT2D eigenvalue weighted by molar-refractivity contribution is -0.121. The zero-order valence-corrected chi connectivity index (χ0v) is 17.6. The van der Waals surface area contributed by atoms with Gasteiger partial charge in [-0.1, -0.05) is 45.7 Å². The quantitative estimate of drug-likeness (QED) is 0.546. The molecule has 2 aromatic carbocycles. The minimum Gasteiger partial charge on any atom is -0.396 e. The van der Waals surface area contributed by atoms with Crippen molar-refractivity contribution in [2.45, 2.75) is 17.9 Å². The highest BCUT2D eigenvalue weighted by Crippen LogP contribution is 2.23. The molecule has 0 fully saturated rings. The van der Waals surface area contributed by atoms with E-state index in [-0.39, 0.29) is 31.1 Å². The van der Waals surface area contributed by atoms with E-state index in [1.165, 1.54) is 12.1 Å². The highest BCUT2D eigenvalue weighted by Gasteiger charge is 2.27. The third-order valence-electron chi connectivity index (χ3n) is 3.73. The Morgan fingerprint density at radius 2 is 1.81 bits per heavy atom. The van der Waals surface area contributed by atoms with Crippen LogP contribution in [0.25, 0.3) is 0 Å². The molecule has 0 aliphatic carbocycles. The molecule has 1 amide bonds. The van der Waals surface area contributed by atoms with Crippen LogP contribution in [0.5, 0.6) is 0 Å². The molecule has 9 heteroatoms. The number of amides is 1. The zero-order chi connectivity index (χ0) is 19.9. The van der Waals surface area contributed by atoms with Crippen molar-refractivity contribution in [3.05, 3.63) is 63.6 Å². The van der Waals surface area contributed by atoms with Crippen LogP contribution in [0.2, 0.25) is 5.02 Å². The van der Waals surface area contributed by atoms with E-state index < -0.39 is 15.9 Å². The molecule has 0 aliphatic rings. The lowest BCUT2D eigenvalue weighted by Gasteiger charge is -2.22. The van der Waals surface area contributed by atoms with E-state index in [9.17, 15) is 13.2 Å². The molecule has 0 unspecified atom stereocenters. The molecular formula is C18H20BrClN2O4S. The molecule has 0 radical (unpaired) electrons. The van der Waals surface area contributed by atoms with Crippen LogP contribution in [0.1, 0.15) is 12.0 Å². The Balaban J connectivity index is 2.29. The fourth-order valence-electron chi connectivity index (χ4n) is 2.32. The number of benzene rings is 2. The summed E-state index contributed by atoms with van der Waals surface area (Å²) in [5.41, 5.74) is 0.600. The molecule has 0 bridgehead atoms. The van der Waals surface area contributed by atoms with E-state index in [4.69, 9.17) is 16.7 Å². The lowest BCUT2D eigenvalue weighted by Crippen LogP contribution is -2.40. The summed E-state index contributed by atoms with van der Waals surface area (Å²) in [5.74, 6) is -0.448. The Morgan fingerprint density at radius 1 is 1.15 bits per heavy atom. The van der Waals surface area contributed by atoms with Crippen molar-refractivity contribution in [2.24, 2.45) is 0 Å². The Morgan fingerprint density at radius 3 is 2.44 bits per heavy atom. The van der Waals surface area contributed by atoms with Crippen molar-refractivity contribution in [3.8, 4) is 0 Å². The largest absolute Gasteiger partial charge is 0.396 e. The number of sulfonamides is 1. The van der Waals surface area contributed by atoms with Crippen molar-refractivity contribution in [1.82, 2.24) is 9.62 Å². The standard InChI is InChI=1S/C18H20BrClN2O4S/c19-15-6-8-16(9-7-15)27(25,26)22(13-18(24)21-10-3-11-23)12-14-4-1-2-5-17(14)20/h1-2,4-9,23H,3,10-13H2,(H,21,24). The summed E-state index contributed by atoms with van der Waals surface area (Å²) in [5, 5.41) is 11.8. The van der Waals surface area contributed by atoms with Crippen LogP contribution in [0.4, 0.5) is 0 Å². The van der Waals surface area contributed by atoms with Crippen LogP contribution in [0.15, 0.2) is 57.9 Å². The molecule has 2 rings (SSSR count). The molecule has 146 valence electrons. The van der Waals surface area contributed by atoms with Gasteiger partial charge in [0.1, 0.15) is 0 Å². The highest BCUT2D eigenvalue weighted by molar-refractivity contribution is 9.10. The fraction of sp³-hybridized carbons (Fsp3) is 0.278. The first-order valence-corrected chi connectivity index (χ1v) is 10.8. The molecule has 2 aromatic rings. The van der Waals surface area contributed by atoms with Gasteiger partial charge in [-0.25, -0.2) is 8.42 Å². The second kappa shape index (κ2) is 10.2. The molecule has 0 heterocycles. The van der Waals surface area contributed by atoms with Gasteiger partial charge in [-0.3, -0.25) is 4.79 Å². The number of carbonyl (C=O) groups is 1. The van der Waals surface area contributed by atoms with Crippen molar-refractivity contribution in [2.75, 3.05) is 19.7 Å². The van der Waals surface area contributed by atoms with Gasteiger partial charge in [-0.15, -0.1) is 0 Å². The van der Waals surface area contributed by atoms with Gasteiger partial charge in [0.25, 0.3) is 0 Å². The topological polar surface area (TPSA) is 86.7 Å². The minimum atomic E-state index is -3.91.